The van der Waals surface area contributed by atoms with Gasteiger partial charge in [-0.25, -0.2) is 18.6 Å². The summed E-state index contributed by atoms with van der Waals surface area (Å²) in [5, 5.41) is 21.3. The van der Waals surface area contributed by atoms with E-state index >= 15 is 0 Å². The third-order valence-corrected chi connectivity index (χ3v) is 15.7. The van der Waals surface area contributed by atoms with E-state index in [9.17, 15) is 58.8 Å². The number of carbonyl (C=O) groups excluding carboxylic acids is 2. The van der Waals surface area contributed by atoms with E-state index in [1.165, 1.54) is 48.5 Å². The van der Waals surface area contributed by atoms with Crippen LogP contribution in [0.25, 0.3) is 0 Å². The first-order valence-electron chi connectivity index (χ1n) is 14.6. The number of benzene rings is 2. The molecule has 284 valence electrons. The minimum atomic E-state index is -5.26. The van der Waals surface area contributed by atoms with Gasteiger partial charge in [-0.05, 0) is 35.9 Å². The fourth-order valence-corrected chi connectivity index (χ4v) is 12.6. The van der Waals surface area contributed by atoms with Crippen molar-refractivity contribution in [2.75, 3.05) is 25.5 Å². The molecule has 57 heavy (non-hydrogen) atoms. The van der Waals surface area contributed by atoms with Gasteiger partial charge in [0.2, 0.25) is 15.9 Å². The maximum atomic E-state index is 13.4. The summed E-state index contributed by atoms with van der Waals surface area (Å²) in [5.74, 6) is -5.32. The standard InChI is InChI=1S/C28H33NO19P4.5Na/c1-42-51(40,17-49(35,36)18-52(41,47-33)48-34)43-15-22-24(45-27(31)20-8-4-2-5-9-20)25(46-28(32)21-10-6-3-7-11-21)26(44-22)29-13-12-19(14-23(29)30)16-50(37,38)39;;;;;/h2-14,22,24-26,33-34H,15-18H2,1H3,(H,35,36)(H2,37,38,39);;;;;/q;5*+1/p-5/t22-,24-,25-,26-,51?;;;;;/m1...../s1. The summed E-state index contributed by atoms with van der Waals surface area (Å²) in [6, 6.07) is 16.7. The fraction of sp³-hybridized carbons (Fsp3) is 0.321. The Morgan fingerprint density at radius 1 is 0.772 bits per heavy atom. The number of hydrogen-bond acceptors (Lipinski definition) is 19. The number of esters is 2. The molecule has 1 aromatic heterocycles. The van der Waals surface area contributed by atoms with E-state index in [2.05, 4.69) is 9.35 Å². The van der Waals surface area contributed by atoms with Crippen LogP contribution in [-0.4, -0.2) is 60.3 Å². The third kappa shape index (κ3) is 18.8. The van der Waals surface area contributed by atoms with Crippen molar-refractivity contribution in [3.05, 3.63) is 106 Å². The smallest absolute Gasteiger partial charge is 0.794 e. The van der Waals surface area contributed by atoms with Crippen molar-refractivity contribution in [1.82, 2.24) is 4.57 Å². The first-order valence-corrected chi connectivity index (χ1v) is 21.8. The van der Waals surface area contributed by atoms with E-state index in [1.54, 1.807) is 12.1 Å². The van der Waals surface area contributed by atoms with Crippen molar-refractivity contribution in [3.8, 4) is 0 Å². The van der Waals surface area contributed by atoms with Crippen LogP contribution in [0, 0.1) is 0 Å². The second kappa shape index (κ2) is 27.6. The number of rotatable bonds is 17. The minimum absolute atomic E-state index is 0. The van der Waals surface area contributed by atoms with Gasteiger partial charge < -0.3 is 58.7 Å². The number of nitrogens with zero attached hydrogens (tertiary/aromatic N) is 1. The Bertz CT molecular complexity index is 1800. The number of ether oxygens (including phenoxy) is 3. The van der Waals surface area contributed by atoms with Gasteiger partial charge in [-0.3, -0.25) is 18.7 Å². The first-order chi connectivity index (χ1) is 24.4. The van der Waals surface area contributed by atoms with Gasteiger partial charge in [-0.15, -0.1) is 0 Å². The molecule has 4 rings (SSSR count). The quantitative estimate of drug-likeness (QED) is 0.0399. The minimum Gasteiger partial charge on any atom is -0.794 e. The Hall–Kier alpha value is 2.33. The Balaban J connectivity index is 0. The fourth-order valence-electron chi connectivity index (χ4n) is 4.90. The van der Waals surface area contributed by atoms with E-state index in [0.717, 1.165) is 30.0 Å². The van der Waals surface area contributed by atoms with Crippen molar-refractivity contribution in [2.45, 2.75) is 30.7 Å². The summed E-state index contributed by atoms with van der Waals surface area (Å²) in [4.78, 5) is 112. The average Bonchev–Trinajstić information content (AvgIpc) is 3.42. The molecule has 0 saturated carbocycles. The van der Waals surface area contributed by atoms with Crippen molar-refractivity contribution in [2.24, 2.45) is 0 Å². The Kier molecular flexibility index (Phi) is 29.7. The molecule has 0 spiro atoms. The summed E-state index contributed by atoms with van der Waals surface area (Å²) >= 11 is 0. The normalized spacial score (nSPS) is 19.7. The molecule has 2 aromatic carbocycles. The van der Waals surface area contributed by atoms with Crippen LogP contribution in [0.3, 0.4) is 0 Å². The number of carbonyl (C=O) groups is 2. The molecule has 1 aliphatic rings. The molecule has 6 atom stereocenters. The van der Waals surface area contributed by atoms with Crippen molar-refractivity contribution >= 4 is 43.1 Å². The number of pyridine rings is 1. The van der Waals surface area contributed by atoms with E-state index in [-0.39, 0.29) is 164 Å². The summed E-state index contributed by atoms with van der Waals surface area (Å²) in [5.41, 5.74) is -1.14. The molecule has 3 aromatic rings. The van der Waals surface area contributed by atoms with Gasteiger partial charge in [-0.1, -0.05) is 36.4 Å². The topological polar surface area (TPSA) is 322 Å². The molecule has 1 aliphatic heterocycles. The van der Waals surface area contributed by atoms with Gasteiger partial charge >= 0.3 is 160 Å². The Labute approximate surface area is 438 Å². The molecule has 1 fully saturated rings. The van der Waals surface area contributed by atoms with Gasteiger partial charge in [0, 0.05) is 12.3 Å². The van der Waals surface area contributed by atoms with Gasteiger partial charge in [0.25, 0.3) is 5.56 Å². The van der Waals surface area contributed by atoms with Crippen molar-refractivity contribution in [1.29, 1.82) is 0 Å². The molecule has 2 unspecified atom stereocenters. The second-order valence-electron chi connectivity index (χ2n) is 11.0. The van der Waals surface area contributed by atoms with Crippen LogP contribution in [0.5, 0.6) is 0 Å². The van der Waals surface area contributed by atoms with Crippen LogP contribution >= 0.6 is 31.2 Å². The zero-order valence-corrected chi connectivity index (χ0v) is 45.2. The van der Waals surface area contributed by atoms with Crippen LogP contribution in [0.4, 0.5) is 0 Å². The zero-order valence-electron chi connectivity index (χ0n) is 31.6. The molecule has 20 nitrogen and oxygen atoms in total. The van der Waals surface area contributed by atoms with Crippen LogP contribution in [-0.2, 0) is 43.3 Å². The van der Waals surface area contributed by atoms with E-state index in [1.807, 2.05) is 0 Å². The molecule has 1 saturated heterocycles. The van der Waals surface area contributed by atoms with Crippen molar-refractivity contribution < 1.29 is 234 Å². The second-order valence-corrected chi connectivity index (χ2v) is 19.8. The van der Waals surface area contributed by atoms with Gasteiger partial charge in [0.05, 0.1) is 31.8 Å². The maximum Gasteiger partial charge on any atom is 1.00 e. The Morgan fingerprint density at radius 2 is 1.25 bits per heavy atom. The average molecular weight is 921 g/mol. The summed E-state index contributed by atoms with van der Waals surface area (Å²) in [7, 11) is -19.6. The molecule has 0 aliphatic carbocycles. The number of hydrogen-bond donors (Lipinski definition) is 0. The Morgan fingerprint density at radius 3 is 1.68 bits per heavy atom. The van der Waals surface area contributed by atoms with Crippen LogP contribution in [0.1, 0.15) is 32.5 Å². The van der Waals surface area contributed by atoms with E-state index in [0.29, 0.717) is 0 Å². The molecular weight excluding hydrogens is 893 g/mol. The molecule has 0 N–H and O–H groups in total. The molecule has 0 bridgehead atoms. The predicted molar refractivity (Wildman–Crippen MR) is 163 cm³/mol. The van der Waals surface area contributed by atoms with E-state index < -0.39 is 97.8 Å². The molecule has 29 heteroatoms. The summed E-state index contributed by atoms with van der Waals surface area (Å²) < 4.78 is 47.2. The molecule has 2 heterocycles. The summed E-state index contributed by atoms with van der Waals surface area (Å²) in [6.07, 6.45) is -6.76. The van der Waals surface area contributed by atoms with Crippen LogP contribution < -0.4 is 193 Å². The summed E-state index contributed by atoms with van der Waals surface area (Å²) in [6.45, 7) is -0.968. The van der Waals surface area contributed by atoms with Gasteiger partial charge in [-0.2, -0.15) is 7.94 Å². The zero-order chi connectivity index (χ0) is 38.3. The van der Waals surface area contributed by atoms with Crippen LogP contribution in [0.15, 0.2) is 83.8 Å². The maximum absolute atomic E-state index is 13.4. The van der Waals surface area contributed by atoms with E-state index in [4.69, 9.17) is 23.3 Å². The molecular formula is C28H28NNa5O19P4. The van der Waals surface area contributed by atoms with Gasteiger partial charge in [0.15, 0.2) is 24.3 Å². The SMILES string of the molecule is CO[P+]([O-])(CP(=O)([O-])C[P+]([O-])(O[O-])O[O-])OC[C@H]1O[C@@H](n2ccc(C[P+]([O-])([O-])[O-])cc2=O)[C@H](OC(=O)c2ccccc2)[C@@H]1OC(=O)c1ccccc1.[Na+].[Na+].[Na+].[Na+].[Na+]. The predicted octanol–water partition coefficient (Wildman–Crippen LogP) is -18.4. The first kappa shape index (κ1) is 61.4. The van der Waals surface area contributed by atoms with Crippen molar-refractivity contribution in [3.63, 3.8) is 0 Å². The molecule has 0 amide bonds. The molecule has 0 radical (unpaired) electrons. The monoisotopic (exact) mass is 921 g/mol. The van der Waals surface area contributed by atoms with Crippen LogP contribution in [0.2, 0.25) is 0 Å². The number of aromatic nitrogens is 1. The largest absolute Gasteiger partial charge is 1.00 e. The third-order valence-electron chi connectivity index (χ3n) is 7.17. The van der Waals surface area contributed by atoms with Gasteiger partial charge in [0.1, 0.15) is 18.6 Å².